The normalized spacial score (nSPS) is 33.2. The fourth-order valence-corrected chi connectivity index (χ4v) is 1.50. The Morgan fingerprint density at radius 3 is 2.90 bits per heavy atom. The summed E-state index contributed by atoms with van der Waals surface area (Å²) in [5.41, 5.74) is 1.44. The molecule has 0 amide bonds. The van der Waals surface area contributed by atoms with Crippen molar-refractivity contribution in [3.05, 3.63) is 11.6 Å². The smallest absolute Gasteiger partial charge is 0.123 e. The predicted octanol–water partition coefficient (Wildman–Crippen LogP) is 2.18. The quantitative estimate of drug-likeness (QED) is 0.401. The Labute approximate surface area is 62.1 Å². The van der Waals surface area contributed by atoms with Gasteiger partial charge in [0.25, 0.3) is 0 Å². The lowest BCUT2D eigenvalue weighted by atomic mass is 9.83. The molecule has 0 unspecified atom stereocenters. The van der Waals surface area contributed by atoms with Crippen LogP contribution in [0, 0.1) is 11.8 Å². The van der Waals surface area contributed by atoms with E-state index in [1.54, 1.807) is 0 Å². The minimum atomic E-state index is 0.281. The highest BCUT2D eigenvalue weighted by Crippen LogP contribution is 2.26. The first-order valence-electron chi connectivity index (χ1n) is 3.86. The van der Waals surface area contributed by atoms with Gasteiger partial charge in [-0.25, -0.2) is 0 Å². The molecule has 1 rings (SSSR count). The van der Waals surface area contributed by atoms with Gasteiger partial charge in [-0.2, -0.15) is 0 Å². The molecular formula is C9H14O. The summed E-state index contributed by atoms with van der Waals surface area (Å²) in [4.78, 5) is 10.4. The second-order valence-electron chi connectivity index (χ2n) is 3.21. The van der Waals surface area contributed by atoms with Crippen molar-refractivity contribution >= 4 is 6.29 Å². The molecule has 2 atom stereocenters. The topological polar surface area (TPSA) is 17.1 Å². The lowest BCUT2D eigenvalue weighted by Crippen LogP contribution is -2.15. The molecule has 10 heavy (non-hydrogen) atoms. The van der Waals surface area contributed by atoms with Crippen molar-refractivity contribution in [2.24, 2.45) is 11.8 Å². The van der Waals surface area contributed by atoms with Gasteiger partial charge in [-0.1, -0.05) is 18.6 Å². The van der Waals surface area contributed by atoms with Gasteiger partial charge >= 0.3 is 0 Å². The van der Waals surface area contributed by atoms with E-state index in [0.717, 1.165) is 19.1 Å². The number of allylic oxidation sites excluding steroid dienone is 2. The van der Waals surface area contributed by atoms with E-state index in [1.807, 2.05) is 0 Å². The molecule has 0 aromatic carbocycles. The molecule has 56 valence electrons. The van der Waals surface area contributed by atoms with Crippen molar-refractivity contribution in [1.82, 2.24) is 0 Å². The molecule has 0 radical (unpaired) electrons. The molecule has 1 nitrogen and oxygen atoms in total. The molecule has 0 saturated heterocycles. The van der Waals surface area contributed by atoms with Crippen molar-refractivity contribution in [1.29, 1.82) is 0 Å². The molecule has 0 aromatic heterocycles. The first-order chi connectivity index (χ1) is 4.74. The minimum absolute atomic E-state index is 0.281. The lowest BCUT2D eigenvalue weighted by Gasteiger charge is -2.21. The number of hydrogen-bond donors (Lipinski definition) is 0. The molecule has 1 aliphatic rings. The Balaban J connectivity index is 2.63. The molecule has 1 heteroatoms. The van der Waals surface area contributed by atoms with E-state index >= 15 is 0 Å². The Kier molecular flexibility index (Phi) is 2.25. The molecule has 0 spiro atoms. The summed E-state index contributed by atoms with van der Waals surface area (Å²) in [7, 11) is 0. The molecule has 1 aliphatic carbocycles. The van der Waals surface area contributed by atoms with Crippen molar-refractivity contribution in [2.45, 2.75) is 26.7 Å². The van der Waals surface area contributed by atoms with Gasteiger partial charge in [0.2, 0.25) is 0 Å². The number of carbonyl (C=O) groups is 1. The predicted molar refractivity (Wildman–Crippen MR) is 41.7 cm³/mol. The summed E-state index contributed by atoms with van der Waals surface area (Å²) in [6.45, 7) is 4.25. The number of rotatable bonds is 1. The molecule has 0 aromatic rings. The molecule has 0 bridgehead atoms. The Bertz CT molecular complexity index is 158. The zero-order chi connectivity index (χ0) is 7.56. The van der Waals surface area contributed by atoms with Crippen molar-refractivity contribution in [3.8, 4) is 0 Å². The SMILES string of the molecule is CC1=C[C@@H](C)[C@H](C=O)CC1. The van der Waals surface area contributed by atoms with Crippen LogP contribution in [0.1, 0.15) is 26.7 Å². The maximum absolute atomic E-state index is 10.4. The summed E-state index contributed by atoms with van der Waals surface area (Å²) in [6, 6.07) is 0. The fraction of sp³-hybridized carbons (Fsp3) is 0.667. The molecule has 0 N–H and O–H groups in total. The standard InChI is InChI=1S/C9H14O/c1-7-3-4-9(6-10)8(2)5-7/h5-6,8-9H,3-4H2,1-2H3/t8-,9+/m1/s1. The van der Waals surface area contributed by atoms with Gasteiger partial charge in [-0.05, 0) is 25.7 Å². The lowest BCUT2D eigenvalue weighted by molar-refractivity contribution is -0.112. The van der Waals surface area contributed by atoms with Crippen LogP contribution in [0.15, 0.2) is 11.6 Å². The number of aldehydes is 1. The average molecular weight is 138 g/mol. The molecule has 0 fully saturated rings. The van der Waals surface area contributed by atoms with Gasteiger partial charge in [-0.3, -0.25) is 0 Å². The monoisotopic (exact) mass is 138 g/mol. The molecule has 0 heterocycles. The van der Waals surface area contributed by atoms with Gasteiger partial charge in [0, 0.05) is 5.92 Å². The van der Waals surface area contributed by atoms with E-state index in [4.69, 9.17) is 0 Å². The Morgan fingerprint density at radius 1 is 1.70 bits per heavy atom. The highest BCUT2D eigenvalue weighted by Gasteiger charge is 2.18. The summed E-state index contributed by atoms with van der Waals surface area (Å²) in [6.07, 6.45) is 5.46. The fourth-order valence-electron chi connectivity index (χ4n) is 1.50. The van der Waals surface area contributed by atoms with Gasteiger partial charge < -0.3 is 4.79 Å². The minimum Gasteiger partial charge on any atom is -0.303 e. The maximum Gasteiger partial charge on any atom is 0.123 e. The van der Waals surface area contributed by atoms with Crippen molar-refractivity contribution in [3.63, 3.8) is 0 Å². The first-order valence-corrected chi connectivity index (χ1v) is 3.86. The Morgan fingerprint density at radius 2 is 2.40 bits per heavy atom. The van der Waals surface area contributed by atoms with Crippen LogP contribution in [0.2, 0.25) is 0 Å². The van der Waals surface area contributed by atoms with Crippen molar-refractivity contribution < 1.29 is 4.79 Å². The summed E-state index contributed by atoms with van der Waals surface area (Å²) in [5, 5.41) is 0. The average Bonchev–Trinajstić information content (AvgIpc) is 1.88. The van der Waals surface area contributed by atoms with Gasteiger partial charge in [0.1, 0.15) is 6.29 Å². The van der Waals surface area contributed by atoms with Crippen LogP contribution >= 0.6 is 0 Å². The maximum atomic E-state index is 10.4. The second kappa shape index (κ2) is 3.00. The number of hydrogen-bond acceptors (Lipinski definition) is 1. The van der Waals surface area contributed by atoms with E-state index in [0.29, 0.717) is 5.92 Å². The Hall–Kier alpha value is -0.590. The third kappa shape index (κ3) is 1.47. The van der Waals surface area contributed by atoms with Gasteiger partial charge in [0.05, 0.1) is 0 Å². The summed E-state index contributed by atoms with van der Waals surface area (Å²) in [5.74, 6) is 0.745. The van der Waals surface area contributed by atoms with Crippen LogP contribution in [-0.4, -0.2) is 6.29 Å². The van der Waals surface area contributed by atoms with Crippen LogP contribution in [0.3, 0.4) is 0 Å². The largest absolute Gasteiger partial charge is 0.303 e. The van der Waals surface area contributed by atoms with E-state index in [1.165, 1.54) is 5.57 Å². The zero-order valence-corrected chi connectivity index (χ0v) is 6.63. The number of carbonyl (C=O) groups excluding carboxylic acids is 1. The third-order valence-electron chi connectivity index (χ3n) is 2.27. The third-order valence-corrected chi connectivity index (χ3v) is 2.27. The van der Waals surface area contributed by atoms with Crippen molar-refractivity contribution in [2.75, 3.05) is 0 Å². The second-order valence-corrected chi connectivity index (χ2v) is 3.21. The molecule has 0 saturated carbocycles. The van der Waals surface area contributed by atoms with Crippen LogP contribution < -0.4 is 0 Å². The highest BCUT2D eigenvalue weighted by atomic mass is 16.1. The van der Waals surface area contributed by atoms with Gasteiger partial charge in [0.15, 0.2) is 0 Å². The van der Waals surface area contributed by atoms with Crippen LogP contribution in [0.4, 0.5) is 0 Å². The van der Waals surface area contributed by atoms with Crippen LogP contribution in [0.25, 0.3) is 0 Å². The molecular weight excluding hydrogens is 124 g/mol. The van der Waals surface area contributed by atoms with E-state index in [9.17, 15) is 4.79 Å². The van der Waals surface area contributed by atoms with Crippen LogP contribution in [-0.2, 0) is 4.79 Å². The van der Waals surface area contributed by atoms with Crippen LogP contribution in [0.5, 0.6) is 0 Å². The van der Waals surface area contributed by atoms with Gasteiger partial charge in [-0.15, -0.1) is 0 Å². The van der Waals surface area contributed by atoms with E-state index in [2.05, 4.69) is 19.9 Å². The highest BCUT2D eigenvalue weighted by molar-refractivity contribution is 5.55. The first kappa shape index (κ1) is 7.52. The van der Waals surface area contributed by atoms with E-state index < -0.39 is 0 Å². The summed E-state index contributed by atoms with van der Waals surface area (Å²) >= 11 is 0. The summed E-state index contributed by atoms with van der Waals surface area (Å²) < 4.78 is 0. The van der Waals surface area contributed by atoms with E-state index in [-0.39, 0.29) is 5.92 Å². The zero-order valence-electron chi connectivity index (χ0n) is 6.63. The molecule has 0 aliphatic heterocycles.